The molecule has 0 spiro atoms. The zero-order chi connectivity index (χ0) is 22.0. The average molecular weight is 293 g/mol. The number of carbonyl (C=O) groups is 2. The molecule has 1 aliphatic carbocycles. The lowest BCUT2D eigenvalue weighted by molar-refractivity contribution is -0.132. The molecule has 2 aromatic rings. The molecule has 1 aliphatic rings. The summed E-state index contributed by atoms with van der Waals surface area (Å²) in [6.45, 7) is -0.804. The Kier molecular flexibility index (Phi) is 1.59. The third kappa shape index (κ3) is 2.12. The highest BCUT2D eigenvalue weighted by molar-refractivity contribution is 6.03. The van der Waals surface area contributed by atoms with E-state index < -0.39 is 89.8 Å². The number of benzene rings is 1. The minimum absolute atomic E-state index is 0.289. The van der Waals surface area contributed by atoms with Crippen molar-refractivity contribution in [3.63, 3.8) is 0 Å². The van der Waals surface area contributed by atoms with Crippen LogP contribution in [0.4, 0.5) is 5.69 Å². The third-order valence-corrected chi connectivity index (χ3v) is 2.99. The quantitative estimate of drug-likeness (QED) is 0.628. The van der Waals surface area contributed by atoms with Crippen molar-refractivity contribution in [1.82, 2.24) is 9.55 Å². The largest absolute Gasteiger partial charge is 0.398 e. The zero-order valence-electron chi connectivity index (χ0n) is 18.7. The second-order valence-electron chi connectivity index (χ2n) is 4.38. The molecule has 6 nitrogen and oxygen atoms in total. The lowest BCUT2D eigenvalue weighted by Gasteiger charge is -2.24. The molecule has 3 rings (SSSR count). The topological polar surface area (TPSA) is 95.0 Å². The molecule has 1 aromatic heterocycles. The summed E-state index contributed by atoms with van der Waals surface area (Å²) in [6.07, 6.45) is -6.22. The van der Waals surface area contributed by atoms with E-state index in [1.165, 1.54) is 0 Å². The second-order valence-corrected chi connectivity index (χ2v) is 4.38. The number of fused-ring (bicyclic) bond motifs is 1. The fourth-order valence-electron chi connectivity index (χ4n) is 2.06. The van der Waals surface area contributed by atoms with Gasteiger partial charge in [-0.05, 0) is 25.4 Å². The van der Waals surface area contributed by atoms with Gasteiger partial charge >= 0.3 is 0 Å². The van der Waals surface area contributed by atoms with E-state index in [4.69, 9.17) is 16.7 Å². The van der Waals surface area contributed by atoms with Gasteiger partial charge in [-0.3, -0.25) is 19.0 Å². The van der Waals surface area contributed by atoms with Crippen molar-refractivity contribution < 1.29 is 20.6 Å². The van der Waals surface area contributed by atoms with E-state index in [0.29, 0.717) is 0 Å². The van der Waals surface area contributed by atoms with Gasteiger partial charge in [0.25, 0.3) is 5.56 Å². The van der Waals surface area contributed by atoms with E-state index in [1.807, 2.05) is 0 Å². The molecule has 108 valence electrons. The van der Waals surface area contributed by atoms with Gasteiger partial charge in [0.15, 0.2) is 5.78 Å². The van der Waals surface area contributed by atoms with Crippen LogP contribution in [-0.4, -0.2) is 21.1 Å². The Morgan fingerprint density at radius 2 is 2.33 bits per heavy atom. The molecule has 1 fully saturated rings. The maximum atomic E-state index is 13.2. The molecule has 6 heteroatoms. The Balaban J connectivity index is 2.53. The molecular weight excluding hydrogens is 270 g/mol. The van der Waals surface area contributed by atoms with E-state index in [-0.39, 0.29) is 4.57 Å². The normalized spacial score (nSPS) is 34.0. The van der Waals surface area contributed by atoms with Crippen LogP contribution in [0, 0.1) is 6.90 Å². The van der Waals surface area contributed by atoms with Crippen molar-refractivity contribution in [2.45, 2.75) is 32.1 Å². The summed E-state index contributed by atoms with van der Waals surface area (Å²) in [6, 6.07) is -4.98. The van der Waals surface area contributed by atoms with Gasteiger partial charge in [0.1, 0.15) is 11.6 Å². The number of rotatable bonds is 1. The highest BCUT2D eigenvalue weighted by Crippen LogP contribution is 2.24. The molecule has 0 radical (unpaired) electrons. The van der Waals surface area contributed by atoms with Gasteiger partial charge in [-0.1, -0.05) is 6.04 Å². The summed E-state index contributed by atoms with van der Waals surface area (Å²) in [4.78, 5) is 41.5. The van der Waals surface area contributed by atoms with Crippen LogP contribution in [0.15, 0.2) is 22.9 Å². The number of anilines is 1. The first-order chi connectivity index (χ1) is 13.3. The van der Waals surface area contributed by atoms with Gasteiger partial charge in [-0.25, -0.2) is 4.98 Å². The van der Waals surface area contributed by atoms with Crippen LogP contribution < -0.4 is 11.3 Å². The standard InChI is InChI=1S/C15H15N3O3/c1-8-17-11-4-2-3-10(16)14(11)15(21)18(8)12-6-5-9(19)7-13(12)20/h2-4,12H,5-7,16H2,1H3/i1D,2D,3D,4D,5D,6D2,12D. The lowest BCUT2D eigenvalue weighted by Crippen LogP contribution is -2.36. The number of carbonyl (C=O) groups excluding carboxylic acids is 2. The second kappa shape index (κ2) is 4.80. The first-order valence-electron chi connectivity index (χ1n) is 10.2. The predicted octanol–water partition coefficient (Wildman–Crippen LogP) is 1.15. The van der Waals surface area contributed by atoms with E-state index >= 15 is 0 Å². The highest BCUT2D eigenvalue weighted by atomic mass is 16.2. The Hall–Kier alpha value is -2.50. The van der Waals surface area contributed by atoms with Gasteiger partial charge in [0.05, 0.1) is 28.8 Å². The SMILES string of the molecule is [2H]Cc1nc2c([2H])c([2H])c([2H])c(N)c2c(=O)n1C1([2H])C(=O)CC(=O)C([2H])C1([2H])[2H]. The molecule has 0 amide bonds. The molecule has 0 saturated heterocycles. The van der Waals surface area contributed by atoms with Crippen LogP contribution >= 0.6 is 0 Å². The summed E-state index contributed by atoms with van der Waals surface area (Å²) < 4.78 is 63.9. The molecule has 0 aliphatic heterocycles. The first kappa shape index (κ1) is 6.98. The van der Waals surface area contributed by atoms with E-state index in [9.17, 15) is 14.4 Å². The van der Waals surface area contributed by atoms with Crippen molar-refractivity contribution in [1.29, 1.82) is 0 Å². The lowest BCUT2D eigenvalue weighted by atomic mass is 9.92. The van der Waals surface area contributed by atoms with Gasteiger partial charge < -0.3 is 5.73 Å². The molecule has 21 heavy (non-hydrogen) atoms. The summed E-state index contributed by atoms with van der Waals surface area (Å²) in [7, 11) is 0. The molecule has 1 heterocycles. The van der Waals surface area contributed by atoms with Crippen LogP contribution in [-0.2, 0) is 9.59 Å². The van der Waals surface area contributed by atoms with Crippen LogP contribution in [0.3, 0.4) is 0 Å². The van der Waals surface area contributed by atoms with Crippen molar-refractivity contribution in [3.05, 3.63) is 34.3 Å². The van der Waals surface area contributed by atoms with Crippen molar-refractivity contribution in [2.75, 3.05) is 5.73 Å². The molecule has 1 saturated carbocycles. The molecule has 2 unspecified atom stereocenters. The number of Topliss-reactive ketones (excluding diaryl/α,β-unsaturated/α-hetero) is 2. The average Bonchev–Trinajstić information content (AvgIpc) is 2.67. The zero-order valence-corrected chi connectivity index (χ0v) is 10.7. The van der Waals surface area contributed by atoms with Gasteiger partial charge in [0.2, 0.25) is 0 Å². The minimum atomic E-state index is -3.14. The van der Waals surface area contributed by atoms with Crippen LogP contribution in [0.2, 0.25) is 0 Å². The van der Waals surface area contributed by atoms with Crippen molar-refractivity contribution >= 4 is 28.2 Å². The maximum absolute atomic E-state index is 13.2. The molecule has 2 N–H and O–H groups in total. The smallest absolute Gasteiger partial charge is 0.264 e. The van der Waals surface area contributed by atoms with E-state index in [0.717, 1.165) is 0 Å². The number of aromatic nitrogens is 2. The summed E-state index contributed by atoms with van der Waals surface area (Å²) >= 11 is 0. The maximum Gasteiger partial charge on any atom is 0.264 e. The molecule has 0 bridgehead atoms. The number of nitrogens with two attached hydrogens (primary N) is 1. The predicted molar refractivity (Wildman–Crippen MR) is 78.1 cm³/mol. The number of nitrogens with zero attached hydrogens (tertiary/aromatic N) is 2. The number of hydrogen-bond donors (Lipinski definition) is 1. The Bertz CT molecular complexity index is 1150. The summed E-state index contributed by atoms with van der Waals surface area (Å²) in [5.41, 5.74) is 3.53. The number of ketones is 2. The van der Waals surface area contributed by atoms with Gasteiger partial charge in [-0.15, -0.1) is 0 Å². The fraction of sp³-hybridized carbons (Fsp3) is 0.333. The number of aryl methyl sites for hydroxylation is 1. The third-order valence-electron chi connectivity index (χ3n) is 2.99. The number of hydrogen-bond acceptors (Lipinski definition) is 5. The molecule has 2 atom stereocenters. The minimum Gasteiger partial charge on any atom is -0.398 e. The molecule has 1 aromatic carbocycles. The molecular formula is C15H15N3O3. The van der Waals surface area contributed by atoms with Crippen LogP contribution in [0.1, 0.15) is 42.0 Å². The van der Waals surface area contributed by atoms with E-state index in [2.05, 4.69) is 4.98 Å². The fourth-order valence-corrected chi connectivity index (χ4v) is 2.06. The van der Waals surface area contributed by atoms with Crippen LogP contribution in [0.25, 0.3) is 10.9 Å². The van der Waals surface area contributed by atoms with E-state index in [1.54, 1.807) is 0 Å². The first-order valence-corrected chi connectivity index (χ1v) is 5.91. The summed E-state index contributed by atoms with van der Waals surface area (Å²) in [5, 5.41) is -0.568. The monoisotopic (exact) mass is 293 g/mol. The van der Waals surface area contributed by atoms with Crippen molar-refractivity contribution in [2.24, 2.45) is 0 Å². The van der Waals surface area contributed by atoms with Gasteiger partial charge in [0, 0.05) is 17.6 Å². The Morgan fingerprint density at radius 3 is 3.10 bits per heavy atom. The Morgan fingerprint density at radius 1 is 1.52 bits per heavy atom. The summed E-state index contributed by atoms with van der Waals surface area (Å²) in [5.74, 6) is -2.90. The highest BCUT2D eigenvalue weighted by Gasteiger charge is 2.30. The van der Waals surface area contributed by atoms with Crippen molar-refractivity contribution in [3.8, 4) is 0 Å². The number of nitrogen functional groups attached to an aromatic ring is 1. The Labute approximate surface area is 131 Å². The van der Waals surface area contributed by atoms with Crippen LogP contribution in [0.5, 0.6) is 0 Å². The van der Waals surface area contributed by atoms with Gasteiger partial charge in [-0.2, -0.15) is 0 Å².